The molecule has 1 fully saturated rings. The molecular formula is C15H22O4. The summed E-state index contributed by atoms with van der Waals surface area (Å²) in [5, 5.41) is 19.5. The summed E-state index contributed by atoms with van der Waals surface area (Å²) in [5.74, 6) is -0.486. The molecule has 4 heteroatoms. The van der Waals surface area contributed by atoms with Crippen LogP contribution in [0.1, 0.15) is 33.1 Å². The van der Waals surface area contributed by atoms with Crippen LogP contribution in [0.15, 0.2) is 23.3 Å². The zero-order valence-electron chi connectivity index (χ0n) is 11.6. The van der Waals surface area contributed by atoms with Crippen LogP contribution in [0.4, 0.5) is 0 Å². The van der Waals surface area contributed by atoms with E-state index in [0.717, 1.165) is 24.0 Å². The second-order valence-corrected chi connectivity index (χ2v) is 5.65. The number of hydrogen-bond acceptors (Lipinski definition) is 4. The molecule has 0 saturated carbocycles. The van der Waals surface area contributed by atoms with Crippen LogP contribution in [0.5, 0.6) is 0 Å². The molecule has 0 amide bonds. The van der Waals surface area contributed by atoms with Crippen LogP contribution < -0.4 is 0 Å². The van der Waals surface area contributed by atoms with E-state index in [1.54, 1.807) is 0 Å². The number of hydrogen-bond donors (Lipinski definition) is 2. The van der Waals surface area contributed by atoms with Gasteiger partial charge in [-0.3, -0.25) is 0 Å². The predicted octanol–water partition coefficient (Wildman–Crippen LogP) is 1.57. The molecule has 0 unspecified atom stereocenters. The lowest BCUT2D eigenvalue weighted by Gasteiger charge is -2.35. The summed E-state index contributed by atoms with van der Waals surface area (Å²) >= 11 is 0. The Kier molecular flexibility index (Phi) is 4.11. The molecule has 1 saturated heterocycles. The molecule has 0 spiro atoms. The Morgan fingerprint density at radius 2 is 2.21 bits per heavy atom. The smallest absolute Gasteiger partial charge is 0.334 e. The standard InChI is InChI=1S/C15H22O4/c1-8(5-4-6-16)12-9(2)7-11-13(14(12)17)10(3)15(18)19-11/h8,11,13-14,16-17H,3-7H2,1-2H3/t8-,11+,13+,14+/m0/s1. The highest BCUT2D eigenvalue weighted by atomic mass is 16.6. The predicted molar refractivity (Wildman–Crippen MR) is 71.3 cm³/mol. The van der Waals surface area contributed by atoms with Crippen molar-refractivity contribution in [3.63, 3.8) is 0 Å². The summed E-state index contributed by atoms with van der Waals surface area (Å²) < 4.78 is 5.25. The minimum Gasteiger partial charge on any atom is -0.458 e. The molecule has 2 rings (SSSR count). The summed E-state index contributed by atoms with van der Waals surface area (Å²) in [6, 6.07) is 0. The van der Waals surface area contributed by atoms with Crippen molar-refractivity contribution >= 4 is 5.97 Å². The topological polar surface area (TPSA) is 66.8 Å². The maximum Gasteiger partial charge on any atom is 0.334 e. The third-order valence-electron chi connectivity index (χ3n) is 4.31. The molecule has 106 valence electrons. The van der Waals surface area contributed by atoms with Crippen LogP contribution in [0, 0.1) is 11.8 Å². The Morgan fingerprint density at radius 3 is 2.84 bits per heavy atom. The molecule has 1 aliphatic heterocycles. The number of fused-ring (bicyclic) bond motifs is 1. The van der Waals surface area contributed by atoms with Crippen molar-refractivity contribution in [2.75, 3.05) is 6.61 Å². The molecule has 19 heavy (non-hydrogen) atoms. The van der Waals surface area contributed by atoms with Gasteiger partial charge in [0.25, 0.3) is 0 Å². The maximum atomic E-state index is 11.6. The first-order chi connectivity index (χ1) is 8.97. The van der Waals surface area contributed by atoms with Crippen molar-refractivity contribution in [3.8, 4) is 0 Å². The van der Waals surface area contributed by atoms with Crippen LogP contribution >= 0.6 is 0 Å². The van der Waals surface area contributed by atoms with Crippen molar-refractivity contribution in [1.29, 1.82) is 0 Å². The highest BCUT2D eigenvalue weighted by Crippen LogP contribution is 2.43. The van der Waals surface area contributed by atoms with Gasteiger partial charge < -0.3 is 14.9 Å². The SMILES string of the molecule is C=C1C(=O)O[C@@H]2CC(C)=C([C@@H](C)CCCO)[C@@H](O)[C@H]12. The van der Waals surface area contributed by atoms with Gasteiger partial charge in [0.2, 0.25) is 0 Å². The average molecular weight is 266 g/mol. The van der Waals surface area contributed by atoms with Gasteiger partial charge in [-0.05, 0) is 31.3 Å². The summed E-state index contributed by atoms with van der Waals surface area (Å²) in [5.41, 5.74) is 2.48. The van der Waals surface area contributed by atoms with Gasteiger partial charge in [0.05, 0.1) is 12.0 Å². The molecule has 4 atom stereocenters. The van der Waals surface area contributed by atoms with E-state index in [9.17, 15) is 9.90 Å². The van der Waals surface area contributed by atoms with Gasteiger partial charge in [0, 0.05) is 18.6 Å². The van der Waals surface area contributed by atoms with E-state index < -0.39 is 6.10 Å². The number of ether oxygens (including phenoxy) is 1. The number of esters is 1. The van der Waals surface area contributed by atoms with Crippen LogP contribution in [-0.4, -0.2) is 35.0 Å². The maximum absolute atomic E-state index is 11.6. The number of carbonyl (C=O) groups excluding carboxylic acids is 1. The molecule has 4 nitrogen and oxygen atoms in total. The fourth-order valence-corrected chi connectivity index (χ4v) is 3.34. The van der Waals surface area contributed by atoms with Crippen LogP contribution in [-0.2, 0) is 9.53 Å². The van der Waals surface area contributed by atoms with Gasteiger partial charge in [-0.25, -0.2) is 4.79 Å². The second-order valence-electron chi connectivity index (χ2n) is 5.65. The molecule has 1 aliphatic carbocycles. The Hall–Kier alpha value is -1.13. The van der Waals surface area contributed by atoms with E-state index in [1.165, 1.54) is 0 Å². The minimum atomic E-state index is -0.689. The highest BCUT2D eigenvalue weighted by Gasteiger charge is 2.47. The second kappa shape index (κ2) is 5.47. The summed E-state index contributed by atoms with van der Waals surface area (Å²) in [4.78, 5) is 11.6. The molecule has 0 bridgehead atoms. The highest BCUT2D eigenvalue weighted by molar-refractivity contribution is 5.91. The van der Waals surface area contributed by atoms with Crippen LogP contribution in [0.3, 0.4) is 0 Å². The molecule has 0 aromatic heterocycles. The fraction of sp³-hybridized carbons (Fsp3) is 0.667. The minimum absolute atomic E-state index is 0.160. The van der Waals surface area contributed by atoms with Gasteiger partial charge in [-0.1, -0.05) is 19.1 Å². The van der Waals surface area contributed by atoms with Gasteiger partial charge in [-0.2, -0.15) is 0 Å². The Labute approximate surface area is 113 Å². The molecule has 2 N–H and O–H groups in total. The number of aliphatic hydroxyl groups excluding tert-OH is 2. The largest absolute Gasteiger partial charge is 0.458 e. The molecule has 0 aromatic carbocycles. The van der Waals surface area contributed by atoms with Gasteiger partial charge >= 0.3 is 5.97 Å². The zero-order valence-corrected chi connectivity index (χ0v) is 11.6. The van der Waals surface area contributed by atoms with E-state index in [2.05, 4.69) is 13.5 Å². The Balaban J connectivity index is 2.22. The quantitative estimate of drug-likeness (QED) is 0.460. The average Bonchev–Trinajstić information content (AvgIpc) is 2.62. The van der Waals surface area contributed by atoms with Crippen molar-refractivity contribution in [3.05, 3.63) is 23.3 Å². The lowest BCUT2D eigenvalue weighted by molar-refractivity contribution is -0.139. The summed E-state index contributed by atoms with van der Waals surface area (Å²) in [6.07, 6.45) is 1.27. The first-order valence-electron chi connectivity index (χ1n) is 6.85. The van der Waals surface area contributed by atoms with E-state index >= 15 is 0 Å². The monoisotopic (exact) mass is 266 g/mol. The van der Waals surface area contributed by atoms with Gasteiger partial charge in [0.15, 0.2) is 0 Å². The number of rotatable bonds is 4. The van der Waals surface area contributed by atoms with Crippen molar-refractivity contribution < 1.29 is 19.7 Å². The lowest BCUT2D eigenvalue weighted by atomic mass is 9.73. The third kappa shape index (κ3) is 2.47. The Morgan fingerprint density at radius 1 is 1.53 bits per heavy atom. The number of carbonyl (C=O) groups is 1. The van der Waals surface area contributed by atoms with Gasteiger partial charge in [-0.15, -0.1) is 0 Å². The van der Waals surface area contributed by atoms with Crippen molar-refractivity contribution in [1.82, 2.24) is 0 Å². The van der Waals surface area contributed by atoms with Crippen molar-refractivity contribution in [2.24, 2.45) is 11.8 Å². The first kappa shape index (κ1) is 14.3. The molecule has 2 aliphatic rings. The molecular weight excluding hydrogens is 244 g/mol. The zero-order chi connectivity index (χ0) is 14.2. The fourth-order valence-electron chi connectivity index (χ4n) is 3.34. The summed E-state index contributed by atoms with van der Waals surface area (Å²) in [7, 11) is 0. The third-order valence-corrected chi connectivity index (χ3v) is 4.31. The van der Waals surface area contributed by atoms with E-state index in [-0.39, 0.29) is 30.5 Å². The lowest BCUT2D eigenvalue weighted by Crippen LogP contribution is -2.37. The summed E-state index contributed by atoms with van der Waals surface area (Å²) in [6.45, 7) is 7.95. The Bertz CT molecular complexity index is 424. The van der Waals surface area contributed by atoms with Crippen LogP contribution in [0.2, 0.25) is 0 Å². The van der Waals surface area contributed by atoms with E-state index in [4.69, 9.17) is 9.84 Å². The molecule has 1 heterocycles. The van der Waals surface area contributed by atoms with Crippen molar-refractivity contribution in [2.45, 2.75) is 45.3 Å². The molecule has 0 aromatic rings. The van der Waals surface area contributed by atoms with Crippen LogP contribution in [0.25, 0.3) is 0 Å². The van der Waals surface area contributed by atoms with E-state index in [1.807, 2.05) is 6.92 Å². The van der Waals surface area contributed by atoms with E-state index in [0.29, 0.717) is 12.0 Å². The number of aliphatic hydroxyl groups is 2. The normalized spacial score (nSPS) is 32.3. The first-order valence-corrected chi connectivity index (χ1v) is 6.85. The van der Waals surface area contributed by atoms with Gasteiger partial charge in [0.1, 0.15) is 6.10 Å². The molecule has 0 radical (unpaired) electrons.